The predicted molar refractivity (Wildman–Crippen MR) is 124 cm³/mol. The summed E-state index contributed by atoms with van der Waals surface area (Å²) in [4.78, 5) is 0. The van der Waals surface area contributed by atoms with E-state index in [1.165, 1.54) is 24.8 Å². The van der Waals surface area contributed by atoms with Gasteiger partial charge in [-0.2, -0.15) is 11.8 Å². The maximum Gasteiger partial charge on any atom is 0.0521 e. The quantitative estimate of drug-likeness (QED) is 0.257. The molecule has 27 heavy (non-hydrogen) atoms. The van der Waals surface area contributed by atoms with Crippen molar-refractivity contribution in [2.75, 3.05) is 18.1 Å². The van der Waals surface area contributed by atoms with Crippen LogP contribution >= 0.6 is 11.8 Å². The van der Waals surface area contributed by atoms with Gasteiger partial charge in [0.1, 0.15) is 0 Å². The lowest BCUT2D eigenvalue weighted by Gasteiger charge is -2.27. The minimum absolute atomic E-state index is 0.232. The summed E-state index contributed by atoms with van der Waals surface area (Å²) < 4.78 is 0. The van der Waals surface area contributed by atoms with Crippen LogP contribution < -0.4 is 0 Å². The van der Waals surface area contributed by atoms with E-state index >= 15 is 0 Å². The third-order valence-corrected chi connectivity index (χ3v) is 6.71. The molecule has 2 heteroatoms. The zero-order valence-electron chi connectivity index (χ0n) is 17.7. The average molecular weight is 389 g/mol. The third-order valence-electron chi connectivity index (χ3n) is 5.72. The summed E-state index contributed by atoms with van der Waals surface area (Å²) >= 11 is 1.86. The Hall–Kier alpha value is -0.990. The monoisotopic (exact) mass is 388 g/mol. The van der Waals surface area contributed by atoms with Gasteiger partial charge in [0.15, 0.2) is 0 Å². The summed E-state index contributed by atoms with van der Waals surface area (Å²) in [5, 5.41) is 8.85. The Bertz CT molecular complexity index is 524. The van der Waals surface area contributed by atoms with E-state index in [1.807, 2.05) is 11.8 Å². The summed E-state index contributed by atoms with van der Waals surface area (Å²) in [6, 6.07) is 10.9. The van der Waals surface area contributed by atoms with Crippen molar-refractivity contribution in [2.45, 2.75) is 64.7 Å². The van der Waals surface area contributed by atoms with Gasteiger partial charge in [-0.1, -0.05) is 69.3 Å². The summed E-state index contributed by atoms with van der Waals surface area (Å²) in [5.41, 5.74) is 1.67. The van der Waals surface area contributed by atoms with Crippen molar-refractivity contribution in [3.05, 3.63) is 60.7 Å². The van der Waals surface area contributed by atoms with Crippen molar-refractivity contribution < 1.29 is 5.11 Å². The molecule has 1 aromatic carbocycles. The number of aliphatic hydroxyl groups excluding tert-OH is 1. The van der Waals surface area contributed by atoms with Gasteiger partial charge in [0, 0.05) is 5.75 Å². The van der Waals surface area contributed by atoms with Crippen LogP contribution in [0.15, 0.2) is 55.1 Å². The number of hydrogen-bond acceptors (Lipinski definition) is 2. The van der Waals surface area contributed by atoms with Crippen molar-refractivity contribution in [2.24, 2.45) is 11.8 Å². The molecule has 0 aliphatic carbocycles. The molecular formula is C25H40OS. The SMILES string of the molecule is C=CC(CCC=CCC(C)(CC)c1ccccc1)CC(C)CCSCCO. The first-order chi connectivity index (χ1) is 13.1. The van der Waals surface area contributed by atoms with Crippen LogP contribution in [0.3, 0.4) is 0 Å². The molecule has 0 radical (unpaired) electrons. The number of benzene rings is 1. The van der Waals surface area contributed by atoms with Gasteiger partial charge in [0.05, 0.1) is 6.61 Å². The highest BCUT2D eigenvalue weighted by Crippen LogP contribution is 2.31. The highest BCUT2D eigenvalue weighted by atomic mass is 32.2. The molecule has 1 nitrogen and oxygen atoms in total. The lowest BCUT2D eigenvalue weighted by atomic mass is 9.77. The summed E-state index contributed by atoms with van der Waals surface area (Å²) in [6.07, 6.45) is 13.9. The van der Waals surface area contributed by atoms with E-state index in [2.05, 4.69) is 75.9 Å². The van der Waals surface area contributed by atoms with Crippen molar-refractivity contribution >= 4 is 11.8 Å². The molecule has 3 atom stereocenters. The van der Waals surface area contributed by atoms with Gasteiger partial charge in [-0.3, -0.25) is 0 Å². The van der Waals surface area contributed by atoms with Crippen molar-refractivity contribution in [1.82, 2.24) is 0 Å². The van der Waals surface area contributed by atoms with Crippen LogP contribution in [0, 0.1) is 11.8 Å². The van der Waals surface area contributed by atoms with Crippen molar-refractivity contribution in [3.8, 4) is 0 Å². The molecule has 0 saturated carbocycles. The van der Waals surface area contributed by atoms with Gasteiger partial charge in [-0.05, 0) is 67.1 Å². The van der Waals surface area contributed by atoms with E-state index < -0.39 is 0 Å². The van der Waals surface area contributed by atoms with Gasteiger partial charge in [-0.15, -0.1) is 6.58 Å². The van der Waals surface area contributed by atoms with Gasteiger partial charge in [0.2, 0.25) is 0 Å². The van der Waals surface area contributed by atoms with Crippen LogP contribution in [-0.4, -0.2) is 23.2 Å². The molecule has 0 amide bonds. The maximum absolute atomic E-state index is 8.85. The zero-order chi connectivity index (χ0) is 20.0. The van der Waals surface area contributed by atoms with Crippen LogP contribution in [0.5, 0.6) is 0 Å². The molecule has 0 saturated heterocycles. The molecular weight excluding hydrogens is 348 g/mol. The summed E-state index contributed by atoms with van der Waals surface area (Å²) in [6.45, 7) is 11.3. The molecule has 1 aromatic rings. The Morgan fingerprint density at radius 2 is 1.89 bits per heavy atom. The Balaban J connectivity index is 2.35. The van der Waals surface area contributed by atoms with Crippen LogP contribution in [0.4, 0.5) is 0 Å². The van der Waals surface area contributed by atoms with E-state index in [1.54, 1.807) is 0 Å². The van der Waals surface area contributed by atoms with Crippen LogP contribution in [0.2, 0.25) is 0 Å². The molecule has 0 heterocycles. The second kappa shape index (κ2) is 14.1. The lowest BCUT2D eigenvalue weighted by Crippen LogP contribution is -2.19. The number of aliphatic hydroxyl groups is 1. The molecule has 0 fully saturated rings. The fourth-order valence-electron chi connectivity index (χ4n) is 3.50. The third kappa shape index (κ3) is 9.67. The van der Waals surface area contributed by atoms with Gasteiger partial charge in [0.25, 0.3) is 0 Å². The Kier molecular flexibility index (Phi) is 12.5. The first kappa shape index (κ1) is 24.0. The van der Waals surface area contributed by atoms with Crippen molar-refractivity contribution in [3.63, 3.8) is 0 Å². The number of thioether (sulfide) groups is 1. The van der Waals surface area contributed by atoms with E-state index in [-0.39, 0.29) is 5.41 Å². The second-order valence-corrected chi connectivity index (χ2v) is 9.22. The highest BCUT2D eigenvalue weighted by molar-refractivity contribution is 7.99. The number of rotatable bonds is 15. The van der Waals surface area contributed by atoms with Gasteiger partial charge in [-0.25, -0.2) is 0 Å². The minimum Gasteiger partial charge on any atom is -0.396 e. The first-order valence-electron chi connectivity index (χ1n) is 10.6. The second-order valence-electron chi connectivity index (χ2n) is 7.99. The van der Waals surface area contributed by atoms with E-state index in [9.17, 15) is 0 Å². The van der Waals surface area contributed by atoms with Gasteiger partial charge >= 0.3 is 0 Å². The Morgan fingerprint density at radius 1 is 1.15 bits per heavy atom. The molecule has 0 spiro atoms. The van der Waals surface area contributed by atoms with Crippen LogP contribution in [0.25, 0.3) is 0 Å². The zero-order valence-corrected chi connectivity index (χ0v) is 18.5. The van der Waals surface area contributed by atoms with E-state index in [0.29, 0.717) is 12.5 Å². The number of allylic oxidation sites excluding steroid dienone is 3. The normalized spacial score (nSPS) is 16.1. The predicted octanol–water partition coefficient (Wildman–Crippen LogP) is 7.02. The Morgan fingerprint density at radius 3 is 2.52 bits per heavy atom. The molecule has 0 aliphatic heterocycles. The molecule has 3 unspecified atom stereocenters. The maximum atomic E-state index is 8.85. The standard InChI is InChI=1S/C25H40OS/c1-5-23(21-22(3)16-19-27-20-18-26)13-9-8-12-17-25(4,6-2)24-14-10-7-11-15-24/h5,7-8,10-12,14-15,22-23,26H,1,6,9,13,16-21H2,2-4H3. The van der Waals surface area contributed by atoms with Crippen molar-refractivity contribution in [1.29, 1.82) is 0 Å². The molecule has 0 bridgehead atoms. The molecule has 0 aliphatic rings. The molecule has 1 rings (SSSR count). The smallest absolute Gasteiger partial charge is 0.0521 e. The van der Waals surface area contributed by atoms with Gasteiger partial charge < -0.3 is 5.11 Å². The van der Waals surface area contributed by atoms with Crippen LogP contribution in [-0.2, 0) is 5.41 Å². The topological polar surface area (TPSA) is 20.2 Å². The van der Waals surface area contributed by atoms with E-state index in [4.69, 9.17) is 5.11 Å². The van der Waals surface area contributed by atoms with Crippen LogP contribution in [0.1, 0.15) is 64.9 Å². The fraction of sp³-hybridized carbons (Fsp3) is 0.600. The highest BCUT2D eigenvalue weighted by Gasteiger charge is 2.22. The lowest BCUT2D eigenvalue weighted by molar-refractivity contribution is 0.322. The minimum atomic E-state index is 0.232. The fourth-order valence-corrected chi connectivity index (χ4v) is 4.40. The molecule has 1 N–H and O–H groups in total. The Labute approximate surface area is 172 Å². The average Bonchev–Trinajstić information content (AvgIpc) is 2.70. The first-order valence-corrected chi connectivity index (χ1v) is 11.7. The largest absolute Gasteiger partial charge is 0.396 e. The summed E-state index contributed by atoms with van der Waals surface area (Å²) in [5.74, 6) is 3.35. The molecule has 0 aromatic heterocycles. The summed E-state index contributed by atoms with van der Waals surface area (Å²) in [7, 11) is 0. The van der Waals surface area contributed by atoms with E-state index in [0.717, 1.165) is 36.7 Å². The molecule has 152 valence electrons. The number of hydrogen-bond donors (Lipinski definition) is 1.